The third kappa shape index (κ3) is 4.55. The first-order chi connectivity index (χ1) is 9.09. The van der Waals surface area contributed by atoms with Gasteiger partial charge < -0.3 is 17.5 Å². The number of aromatic nitrogens is 3. The maximum absolute atomic E-state index is 12.6. The molecular formula is C9H10BF6KN4. The van der Waals surface area contributed by atoms with Gasteiger partial charge in [-0.15, -0.1) is 22.2 Å². The molecule has 1 aromatic rings. The molecule has 1 aromatic heterocycles. The van der Waals surface area contributed by atoms with E-state index >= 15 is 0 Å². The minimum atomic E-state index is -5.15. The molecule has 0 radical (unpaired) electrons. The minimum absolute atomic E-state index is 0. The van der Waals surface area contributed by atoms with Gasteiger partial charge in [-0.2, -0.15) is 13.2 Å². The van der Waals surface area contributed by atoms with Gasteiger partial charge in [0.2, 0.25) is 5.82 Å². The Morgan fingerprint density at radius 2 is 1.81 bits per heavy atom. The SMILES string of the molecule is C=C(CN1CCn2c(nnc2C(F)(F)F)C1)[B-](F)(F)F.[K+]. The Hall–Kier alpha value is 0.121. The van der Waals surface area contributed by atoms with Gasteiger partial charge in [-0.1, -0.05) is 0 Å². The van der Waals surface area contributed by atoms with Crippen LogP contribution in [0.5, 0.6) is 0 Å². The Labute approximate surface area is 159 Å². The summed E-state index contributed by atoms with van der Waals surface area (Å²) in [6, 6.07) is 0. The fraction of sp³-hybridized carbons (Fsp3) is 0.556. The van der Waals surface area contributed by atoms with Gasteiger partial charge in [0, 0.05) is 13.1 Å². The van der Waals surface area contributed by atoms with Crippen LogP contribution in [0, 0.1) is 0 Å². The Balaban J connectivity index is 0.00000220. The Bertz CT molecular complexity index is 525. The van der Waals surface area contributed by atoms with Gasteiger partial charge in [0.15, 0.2) is 0 Å². The molecule has 12 heteroatoms. The summed E-state index contributed by atoms with van der Waals surface area (Å²) in [5, 5.41) is 6.44. The van der Waals surface area contributed by atoms with E-state index in [1.807, 2.05) is 0 Å². The first-order valence-corrected chi connectivity index (χ1v) is 5.68. The molecule has 0 bridgehead atoms. The van der Waals surface area contributed by atoms with Crippen molar-refractivity contribution in [1.29, 1.82) is 0 Å². The summed E-state index contributed by atoms with van der Waals surface area (Å²) in [5.41, 5.74) is -0.881. The van der Waals surface area contributed by atoms with E-state index in [0.29, 0.717) is 0 Å². The smallest absolute Gasteiger partial charge is 0.445 e. The first-order valence-electron chi connectivity index (χ1n) is 5.68. The summed E-state index contributed by atoms with van der Waals surface area (Å²) in [4.78, 5) is 1.35. The average Bonchev–Trinajstić information content (AvgIpc) is 2.70. The summed E-state index contributed by atoms with van der Waals surface area (Å²) in [7, 11) is 0. The van der Waals surface area contributed by atoms with Crippen LogP contribution in [0.25, 0.3) is 0 Å². The number of rotatable bonds is 3. The number of hydrogen-bond donors (Lipinski definition) is 0. The van der Waals surface area contributed by atoms with Crippen LogP contribution in [0.3, 0.4) is 0 Å². The zero-order valence-corrected chi connectivity index (χ0v) is 14.3. The molecule has 21 heavy (non-hydrogen) atoms. The molecule has 0 saturated heterocycles. The molecule has 1 aliphatic rings. The predicted molar refractivity (Wildman–Crippen MR) is 58.5 cm³/mol. The quantitative estimate of drug-likeness (QED) is 0.527. The van der Waals surface area contributed by atoms with Gasteiger partial charge in [-0.05, 0) is 6.54 Å². The number of fused-ring (bicyclic) bond motifs is 1. The van der Waals surface area contributed by atoms with E-state index in [2.05, 4.69) is 16.8 Å². The summed E-state index contributed by atoms with van der Waals surface area (Å²) >= 11 is 0. The summed E-state index contributed by atoms with van der Waals surface area (Å²) in [6.45, 7) is -2.78. The molecule has 112 valence electrons. The van der Waals surface area contributed by atoms with Gasteiger partial charge in [0.25, 0.3) is 0 Å². The number of alkyl halides is 3. The molecule has 0 fully saturated rings. The zero-order chi connectivity index (χ0) is 15.1. The van der Waals surface area contributed by atoms with E-state index in [1.165, 1.54) is 4.90 Å². The minimum Gasteiger partial charge on any atom is -0.445 e. The second-order valence-electron chi connectivity index (χ2n) is 4.53. The fourth-order valence-corrected chi connectivity index (χ4v) is 1.94. The number of hydrogen-bond acceptors (Lipinski definition) is 3. The monoisotopic (exact) mass is 338 g/mol. The van der Waals surface area contributed by atoms with Gasteiger partial charge in [-0.25, -0.2) is 0 Å². The predicted octanol–water partition coefficient (Wildman–Crippen LogP) is -0.941. The molecule has 0 atom stereocenters. The maximum Gasteiger partial charge on any atom is 1.00 e. The molecule has 2 rings (SSSR count). The van der Waals surface area contributed by atoms with Crippen molar-refractivity contribution in [3.05, 3.63) is 23.7 Å². The number of halogens is 6. The van der Waals surface area contributed by atoms with Crippen LogP contribution in [-0.2, 0) is 19.3 Å². The average molecular weight is 338 g/mol. The summed E-state index contributed by atoms with van der Waals surface area (Å²) in [5.74, 6) is -1.11. The van der Waals surface area contributed by atoms with Crippen molar-refractivity contribution in [1.82, 2.24) is 19.7 Å². The van der Waals surface area contributed by atoms with Crippen LogP contribution in [-0.4, -0.2) is 39.7 Å². The zero-order valence-electron chi connectivity index (χ0n) is 11.2. The molecule has 2 heterocycles. The fourth-order valence-electron chi connectivity index (χ4n) is 1.94. The Morgan fingerprint density at radius 3 is 2.33 bits per heavy atom. The van der Waals surface area contributed by atoms with Gasteiger partial charge >= 0.3 is 64.5 Å². The van der Waals surface area contributed by atoms with E-state index in [0.717, 1.165) is 4.57 Å². The van der Waals surface area contributed by atoms with E-state index in [9.17, 15) is 26.1 Å². The summed E-state index contributed by atoms with van der Waals surface area (Å²) < 4.78 is 75.9. The van der Waals surface area contributed by atoms with Crippen LogP contribution >= 0.6 is 0 Å². The molecule has 0 aromatic carbocycles. The van der Waals surface area contributed by atoms with Crippen LogP contribution in [0.4, 0.5) is 26.1 Å². The topological polar surface area (TPSA) is 34.0 Å². The van der Waals surface area contributed by atoms with Crippen LogP contribution < -0.4 is 51.4 Å². The van der Waals surface area contributed by atoms with Crippen molar-refractivity contribution in [2.45, 2.75) is 19.3 Å². The Kier molecular flexibility index (Phi) is 6.12. The number of nitrogens with zero attached hydrogens (tertiary/aromatic N) is 4. The van der Waals surface area contributed by atoms with E-state index in [1.54, 1.807) is 0 Å². The Morgan fingerprint density at radius 1 is 1.19 bits per heavy atom. The molecule has 4 nitrogen and oxygen atoms in total. The largest absolute Gasteiger partial charge is 1.00 e. The third-order valence-electron chi connectivity index (χ3n) is 2.98. The first kappa shape index (κ1) is 19.2. The third-order valence-corrected chi connectivity index (χ3v) is 2.98. The van der Waals surface area contributed by atoms with Crippen LogP contribution in [0.2, 0.25) is 0 Å². The molecule has 1 aliphatic heterocycles. The molecule has 0 N–H and O–H groups in total. The maximum atomic E-state index is 12.6. The van der Waals surface area contributed by atoms with Crippen LogP contribution in [0.15, 0.2) is 12.1 Å². The molecule has 0 spiro atoms. The van der Waals surface area contributed by atoms with Crippen molar-refractivity contribution in [3.63, 3.8) is 0 Å². The van der Waals surface area contributed by atoms with Crippen molar-refractivity contribution in [2.24, 2.45) is 0 Å². The van der Waals surface area contributed by atoms with E-state index in [4.69, 9.17) is 0 Å². The molecule has 0 unspecified atom stereocenters. The molecule has 0 saturated carbocycles. The second-order valence-corrected chi connectivity index (χ2v) is 4.53. The van der Waals surface area contributed by atoms with Crippen molar-refractivity contribution >= 4 is 6.98 Å². The second kappa shape index (κ2) is 6.71. The van der Waals surface area contributed by atoms with Crippen molar-refractivity contribution < 1.29 is 77.5 Å². The van der Waals surface area contributed by atoms with Gasteiger partial charge in [0.05, 0.1) is 6.54 Å². The van der Waals surface area contributed by atoms with Crippen molar-refractivity contribution in [2.75, 3.05) is 13.1 Å². The standard InChI is InChI=1S/C9H10BF6N4.K/c1-6(10(14,15)16)4-19-2-3-20-7(5-19)17-18-8(20)9(11,12)13;/h1-5H2;/q-1;+1. The molecular weight excluding hydrogens is 328 g/mol. The normalized spacial score (nSPS) is 16.3. The van der Waals surface area contributed by atoms with Crippen LogP contribution in [0.1, 0.15) is 11.6 Å². The molecule has 0 amide bonds. The van der Waals surface area contributed by atoms with E-state index < -0.39 is 31.0 Å². The molecule has 0 aliphatic carbocycles. The van der Waals surface area contributed by atoms with E-state index in [-0.39, 0.29) is 76.8 Å². The van der Waals surface area contributed by atoms with Gasteiger partial charge in [0.1, 0.15) is 5.82 Å². The summed E-state index contributed by atoms with van der Waals surface area (Å²) in [6.07, 6.45) is -4.62. The van der Waals surface area contributed by atoms with Crippen molar-refractivity contribution in [3.8, 4) is 0 Å². The van der Waals surface area contributed by atoms with Gasteiger partial charge in [-0.3, -0.25) is 4.90 Å².